The Morgan fingerprint density at radius 3 is 2.42 bits per heavy atom. The van der Waals surface area contributed by atoms with Gasteiger partial charge in [-0.15, -0.1) is 0 Å². The predicted octanol–water partition coefficient (Wildman–Crippen LogP) is 4.28. The van der Waals surface area contributed by atoms with Crippen LogP contribution in [0.3, 0.4) is 0 Å². The average molecular weight is 330 g/mol. The fraction of sp³-hybridized carbons (Fsp3) is 0.714. The van der Waals surface area contributed by atoms with Gasteiger partial charge in [-0.25, -0.2) is 9.97 Å². The van der Waals surface area contributed by atoms with Crippen LogP contribution >= 0.6 is 15.9 Å². The summed E-state index contributed by atoms with van der Waals surface area (Å²) in [5.74, 6) is 1.97. The van der Waals surface area contributed by atoms with Crippen LogP contribution in [0.25, 0.3) is 0 Å². The minimum Gasteiger partial charge on any atom is -0.373 e. The number of halogens is 1. The molecule has 1 atom stereocenters. The molecule has 0 saturated carbocycles. The molecule has 0 aliphatic rings. The van der Waals surface area contributed by atoms with E-state index in [-0.39, 0.29) is 6.10 Å². The summed E-state index contributed by atoms with van der Waals surface area (Å²) in [6, 6.07) is 0. The molecule has 4 nitrogen and oxygen atoms in total. The van der Waals surface area contributed by atoms with Crippen molar-refractivity contribution in [3.63, 3.8) is 0 Å². The first-order chi connectivity index (χ1) is 9.04. The van der Waals surface area contributed by atoms with Gasteiger partial charge in [-0.2, -0.15) is 0 Å². The SMILES string of the molecule is CCCC(OC)c1nc(NCC)c(Br)c(C(C)C)n1. The molecule has 1 rings (SSSR count). The Hall–Kier alpha value is -0.680. The first kappa shape index (κ1) is 16.4. The van der Waals surface area contributed by atoms with Gasteiger partial charge in [0.25, 0.3) is 0 Å². The van der Waals surface area contributed by atoms with Crippen molar-refractivity contribution >= 4 is 21.7 Å². The third-order valence-electron chi connectivity index (χ3n) is 2.91. The Balaban J connectivity index is 3.24. The monoisotopic (exact) mass is 329 g/mol. The molecule has 0 aliphatic heterocycles. The van der Waals surface area contributed by atoms with E-state index in [4.69, 9.17) is 4.74 Å². The topological polar surface area (TPSA) is 47.0 Å². The average Bonchev–Trinajstić information content (AvgIpc) is 2.38. The highest BCUT2D eigenvalue weighted by atomic mass is 79.9. The number of aromatic nitrogens is 2. The molecule has 1 heterocycles. The second-order valence-corrected chi connectivity index (χ2v) is 5.62. The molecule has 0 radical (unpaired) electrons. The van der Waals surface area contributed by atoms with E-state index in [0.717, 1.165) is 41.2 Å². The molecule has 19 heavy (non-hydrogen) atoms. The summed E-state index contributed by atoms with van der Waals surface area (Å²) < 4.78 is 6.47. The minimum absolute atomic E-state index is 0.0343. The fourth-order valence-corrected chi connectivity index (χ4v) is 2.68. The molecule has 108 valence electrons. The molecule has 5 heteroatoms. The maximum absolute atomic E-state index is 5.52. The number of hydrogen-bond acceptors (Lipinski definition) is 4. The van der Waals surface area contributed by atoms with Crippen molar-refractivity contribution in [1.82, 2.24) is 9.97 Å². The van der Waals surface area contributed by atoms with Crippen molar-refractivity contribution in [2.45, 2.75) is 52.6 Å². The number of ether oxygens (including phenoxy) is 1. The van der Waals surface area contributed by atoms with E-state index in [0.29, 0.717) is 5.92 Å². The molecular formula is C14H24BrN3O. The van der Waals surface area contributed by atoms with Crippen LogP contribution in [0.5, 0.6) is 0 Å². The maximum Gasteiger partial charge on any atom is 0.159 e. The van der Waals surface area contributed by atoms with Gasteiger partial charge in [0.15, 0.2) is 5.82 Å². The molecule has 1 aromatic heterocycles. The number of rotatable bonds is 7. The zero-order chi connectivity index (χ0) is 14.4. The first-order valence-electron chi connectivity index (χ1n) is 6.89. The van der Waals surface area contributed by atoms with Crippen molar-refractivity contribution < 1.29 is 4.74 Å². The summed E-state index contributed by atoms with van der Waals surface area (Å²) in [4.78, 5) is 9.28. The van der Waals surface area contributed by atoms with Crippen LogP contribution in [0.15, 0.2) is 4.47 Å². The highest BCUT2D eigenvalue weighted by Gasteiger charge is 2.19. The molecule has 1 N–H and O–H groups in total. The minimum atomic E-state index is -0.0343. The van der Waals surface area contributed by atoms with Gasteiger partial charge in [0.05, 0.1) is 10.2 Å². The summed E-state index contributed by atoms with van der Waals surface area (Å²) in [6.07, 6.45) is 1.94. The Kier molecular flexibility index (Phi) is 6.72. The van der Waals surface area contributed by atoms with Crippen molar-refractivity contribution in [2.24, 2.45) is 0 Å². The number of methoxy groups -OCH3 is 1. The van der Waals surface area contributed by atoms with Gasteiger partial charge in [-0.05, 0) is 35.2 Å². The molecule has 0 saturated heterocycles. The normalized spacial score (nSPS) is 12.8. The molecule has 0 amide bonds. The highest BCUT2D eigenvalue weighted by molar-refractivity contribution is 9.10. The van der Waals surface area contributed by atoms with Crippen molar-refractivity contribution in [1.29, 1.82) is 0 Å². The van der Waals surface area contributed by atoms with Crippen LogP contribution in [-0.2, 0) is 4.74 Å². The summed E-state index contributed by atoms with van der Waals surface area (Å²) in [7, 11) is 1.72. The lowest BCUT2D eigenvalue weighted by Gasteiger charge is -2.18. The van der Waals surface area contributed by atoms with Gasteiger partial charge in [-0.3, -0.25) is 0 Å². The van der Waals surface area contributed by atoms with Gasteiger partial charge in [0, 0.05) is 13.7 Å². The lowest BCUT2D eigenvalue weighted by molar-refractivity contribution is 0.0874. The summed E-state index contributed by atoms with van der Waals surface area (Å²) in [5.41, 5.74) is 1.03. The standard InChI is InChI=1S/C14H24BrN3O/c1-6-8-10(19-5)13-17-12(9(3)4)11(15)14(18-13)16-7-2/h9-10H,6-8H2,1-5H3,(H,16,17,18). The van der Waals surface area contributed by atoms with Gasteiger partial charge in [-0.1, -0.05) is 27.2 Å². The van der Waals surface area contributed by atoms with E-state index in [9.17, 15) is 0 Å². The molecule has 1 aromatic rings. The summed E-state index contributed by atoms with van der Waals surface area (Å²) in [6.45, 7) is 9.29. The van der Waals surface area contributed by atoms with Crippen LogP contribution < -0.4 is 5.32 Å². The van der Waals surface area contributed by atoms with Crippen LogP contribution in [0, 0.1) is 0 Å². The third kappa shape index (κ3) is 4.14. The molecule has 0 aliphatic carbocycles. The van der Waals surface area contributed by atoms with E-state index in [1.165, 1.54) is 0 Å². The van der Waals surface area contributed by atoms with E-state index in [1.54, 1.807) is 7.11 Å². The molecule has 0 fully saturated rings. The summed E-state index contributed by atoms with van der Waals surface area (Å²) in [5, 5.41) is 3.28. The van der Waals surface area contributed by atoms with Crippen LogP contribution in [0.1, 0.15) is 64.1 Å². The number of anilines is 1. The molecule has 0 aromatic carbocycles. The van der Waals surface area contributed by atoms with Gasteiger partial charge in [0.2, 0.25) is 0 Å². The summed E-state index contributed by atoms with van der Waals surface area (Å²) >= 11 is 3.60. The molecular weight excluding hydrogens is 306 g/mol. The van der Waals surface area contributed by atoms with Gasteiger partial charge in [0.1, 0.15) is 11.9 Å². The van der Waals surface area contributed by atoms with Crippen molar-refractivity contribution in [3.8, 4) is 0 Å². The van der Waals surface area contributed by atoms with E-state index < -0.39 is 0 Å². The largest absolute Gasteiger partial charge is 0.373 e. The van der Waals surface area contributed by atoms with Gasteiger partial charge < -0.3 is 10.1 Å². The van der Waals surface area contributed by atoms with Crippen molar-refractivity contribution in [2.75, 3.05) is 19.0 Å². The Labute approximate surface area is 124 Å². The third-order valence-corrected chi connectivity index (χ3v) is 3.69. The number of nitrogens with one attached hydrogen (secondary N) is 1. The molecule has 0 bridgehead atoms. The van der Waals surface area contributed by atoms with Crippen LogP contribution in [-0.4, -0.2) is 23.6 Å². The lowest BCUT2D eigenvalue weighted by atomic mass is 10.1. The molecule has 0 spiro atoms. The van der Waals surface area contributed by atoms with E-state index in [2.05, 4.69) is 58.9 Å². The quantitative estimate of drug-likeness (QED) is 0.810. The van der Waals surface area contributed by atoms with Crippen molar-refractivity contribution in [3.05, 3.63) is 16.0 Å². The van der Waals surface area contributed by atoms with E-state index in [1.807, 2.05) is 0 Å². The Morgan fingerprint density at radius 1 is 1.26 bits per heavy atom. The van der Waals surface area contributed by atoms with Gasteiger partial charge >= 0.3 is 0 Å². The second-order valence-electron chi connectivity index (χ2n) is 4.83. The van der Waals surface area contributed by atoms with Crippen LogP contribution in [0.2, 0.25) is 0 Å². The fourth-order valence-electron chi connectivity index (χ4n) is 1.91. The lowest BCUT2D eigenvalue weighted by Crippen LogP contribution is -2.13. The number of nitrogens with zero attached hydrogens (tertiary/aromatic N) is 2. The van der Waals surface area contributed by atoms with E-state index >= 15 is 0 Å². The number of hydrogen-bond donors (Lipinski definition) is 1. The maximum atomic E-state index is 5.52. The second kappa shape index (κ2) is 7.80. The highest BCUT2D eigenvalue weighted by Crippen LogP contribution is 2.31. The zero-order valence-corrected chi connectivity index (χ0v) is 14.0. The zero-order valence-electron chi connectivity index (χ0n) is 12.5. The smallest absolute Gasteiger partial charge is 0.159 e. The Morgan fingerprint density at radius 2 is 1.95 bits per heavy atom. The molecule has 1 unspecified atom stereocenters. The first-order valence-corrected chi connectivity index (χ1v) is 7.68. The Bertz CT molecular complexity index is 410. The predicted molar refractivity (Wildman–Crippen MR) is 82.6 cm³/mol. The van der Waals surface area contributed by atoms with Crippen LogP contribution in [0.4, 0.5) is 5.82 Å².